The van der Waals surface area contributed by atoms with Crippen LogP contribution in [0.2, 0.25) is 0 Å². The second-order valence-electron chi connectivity index (χ2n) is 4.10. The lowest BCUT2D eigenvalue weighted by molar-refractivity contribution is -0.146. The Morgan fingerprint density at radius 2 is 1.89 bits per heavy atom. The zero-order valence-corrected chi connectivity index (χ0v) is 13.2. The van der Waals surface area contributed by atoms with Crippen LogP contribution in [0, 0.1) is 5.92 Å². The van der Waals surface area contributed by atoms with E-state index in [2.05, 4.69) is 6.92 Å². The van der Waals surface area contributed by atoms with Crippen LogP contribution in [0.3, 0.4) is 0 Å². The molecule has 0 amide bonds. The molecule has 0 aromatic heterocycles. The van der Waals surface area contributed by atoms with Gasteiger partial charge >= 0.3 is 5.97 Å². The summed E-state index contributed by atoms with van der Waals surface area (Å²) in [5.41, 5.74) is 0. The molecule has 0 aliphatic carbocycles. The highest BCUT2D eigenvalue weighted by molar-refractivity contribution is 6.56. The molecule has 0 bridgehead atoms. The lowest BCUT2D eigenvalue weighted by Gasteiger charge is -2.17. The quantitative estimate of drug-likeness (QED) is 0.337. The molecule has 0 aliphatic rings. The van der Waals surface area contributed by atoms with Gasteiger partial charge in [-0.05, 0) is 19.4 Å². The van der Waals surface area contributed by atoms with Gasteiger partial charge in [-0.3, -0.25) is 4.79 Å². The Bertz CT molecular complexity index is 263. The molecule has 0 N–H and O–H groups in total. The number of carbonyl (C=O) groups is 1. The molecule has 0 radical (unpaired) electrons. The molecule has 0 heterocycles. The first-order valence-corrected chi connectivity index (χ1v) is 7.55. The highest BCUT2D eigenvalue weighted by atomic mass is 35.5. The van der Waals surface area contributed by atoms with Gasteiger partial charge in [0, 0.05) is 0 Å². The van der Waals surface area contributed by atoms with E-state index in [0.717, 1.165) is 19.3 Å². The number of hydrogen-bond acceptors (Lipinski definition) is 2. The predicted octanol–water partition coefficient (Wildman–Crippen LogP) is 5.06. The maximum Gasteiger partial charge on any atom is 0.314 e. The SMILES string of the molecule is CCCCCC[C@H](Cl)[C@@H](C=C(Cl)Cl)C(=O)OCC. The van der Waals surface area contributed by atoms with Crippen LogP contribution >= 0.6 is 34.8 Å². The standard InChI is InChI=1S/C13H21Cl3O2/c1-3-5-6-7-8-11(14)10(9-12(15)16)13(17)18-4-2/h9-11H,3-8H2,1-2H3/t10-,11+/m1/s1. The highest BCUT2D eigenvalue weighted by Gasteiger charge is 2.26. The third-order valence-electron chi connectivity index (χ3n) is 2.59. The normalized spacial score (nSPS) is 13.8. The van der Waals surface area contributed by atoms with Crippen molar-refractivity contribution in [3.8, 4) is 0 Å². The lowest BCUT2D eigenvalue weighted by atomic mass is 10.00. The van der Waals surface area contributed by atoms with Crippen molar-refractivity contribution in [2.24, 2.45) is 5.92 Å². The van der Waals surface area contributed by atoms with Gasteiger partial charge in [-0.2, -0.15) is 0 Å². The van der Waals surface area contributed by atoms with Crippen LogP contribution in [0.15, 0.2) is 10.6 Å². The zero-order chi connectivity index (χ0) is 14.0. The third kappa shape index (κ3) is 8.23. The van der Waals surface area contributed by atoms with Gasteiger partial charge in [-0.15, -0.1) is 11.6 Å². The summed E-state index contributed by atoms with van der Waals surface area (Å²) in [6.45, 7) is 4.23. The summed E-state index contributed by atoms with van der Waals surface area (Å²) < 4.78 is 5.02. The number of esters is 1. The van der Waals surface area contributed by atoms with Crippen molar-refractivity contribution in [2.45, 2.75) is 51.3 Å². The van der Waals surface area contributed by atoms with Crippen LogP contribution in [0.1, 0.15) is 46.0 Å². The Hall–Kier alpha value is 0.0800. The molecule has 0 unspecified atom stereocenters. The van der Waals surface area contributed by atoms with Crippen molar-refractivity contribution in [2.75, 3.05) is 6.61 Å². The molecule has 0 fully saturated rings. The minimum absolute atomic E-state index is 0.0484. The number of alkyl halides is 1. The van der Waals surface area contributed by atoms with Gasteiger partial charge in [-0.25, -0.2) is 0 Å². The van der Waals surface area contributed by atoms with E-state index in [-0.39, 0.29) is 15.8 Å². The molecule has 5 heteroatoms. The number of rotatable bonds is 9. The molecular weight excluding hydrogens is 295 g/mol. The molecule has 0 spiro atoms. The van der Waals surface area contributed by atoms with Crippen LogP contribution in [-0.4, -0.2) is 18.0 Å². The van der Waals surface area contributed by atoms with Crippen molar-refractivity contribution in [1.82, 2.24) is 0 Å². The molecule has 0 aromatic rings. The van der Waals surface area contributed by atoms with Gasteiger partial charge < -0.3 is 4.74 Å². The molecule has 0 aromatic carbocycles. The molecule has 0 saturated carbocycles. The van der Waals surface area contributed by atoms with Crippen LogP contribution < -0.4 is 0 Å². The average molecular weight is 316 g/mol. The van der Waals surface area contributed by atoms with Crippen molar-refractivity contribution in [1.29, 1.82) is 0 Å². The zero-order valence-electron chi connectivity index (χ0n) is 10.9. The van der Waals surface area contributed by atoms with Gasteiger partial charge in [0.1, 0.15) is 4.49 Å². The van der Waals surface area contributed by atoms with E-state index >= 15 is 0 Å². The summed E-state index contributed by atoms with van der Waals surface area (Å²) in [6.07, 6.45) is 6.67. The van der Waals surface area contributed by atoms with Crippen molar-refractivity contribution >= 4 is 40.8 Å². The van der Waals surface area contributed by atoms with E-state index in [1.807, 2.05) is 0 Å². The topological polar surface area (TPSA) is 26.3 Å². The predicted molar refractivity (Wildman–Crippen MR) is 78.3 cm³/mol. The molecular formula is C13H21Cl3O2. The van der Waals surface area contributed by atoms with Gasteiger partial charge in [0.2, 0.25) is 0 Å². The van der Waals surface area contributed by atoms with Crippen LogP contribution in [0.5, 0.6) is 0 Å². The number of unbranched alkanes of at least 4 members (excludes halogenated alkanes) is 3. The third-order valence-corrected chi connectivity index (χ3v) is 3.33. The Labute approximate surface area is 125 Å². The monoisotopic (exact) mass is 314 g/mol. The number of ether oxygens (including phenoxy) is 1. The van der Waals surface area contributed by atoms with Crippen LogP contribution in [-0.2, 0) is 9.53 Å². The molecule has 106 valence electrons. The molecule has 0 saturated heterocycles. The Kier molecular flexibility index (Phi) is 11.0. The summed E-state index contributed by atoms with van der Waals surface area (Å²) in [5.74, 6) is -0.940. The van der Waals surface area contributed by atoms with E-state index in [1.165, 1.54) is 18.9 Å². The summed E-state index contributed by atoms with van der Waals surface area (Å²) >= 11 is 17.4. The largest absolute Gasteiger partial charge is 0.465 e. The molecule has 2 nitrogen and oxygen atoms in total. The van der Waals surface area contributed by atoms with Crippen LogP contribution in [0.4, 0.5) is 0 Å². The first-order valence-electron chi connectivity index (χ1n) is 6.36. The Morgan fingerprint density at radius 3 is 2.39 bits per heavy atom. The smallest absolute Gasteiger partial charge is 0.314 e. The van der Waals surface area contributed by atoms with Crippen molar-refractivity contribution < 1.29 is 9.53 Å². The number of hydrogen-bond donors (Lipinski definition) is 0. The van der Waals surface area contributed by atoms with E-state index in [9.17, 15) is 4.79 Å². The maximum absolute atomic E-state index is 11.7. The molecule has 18 heavy (non-hydrogen) atoms. The first-order chi connectivity index (χ1) is 8.52. The fraction of sp³-hybridized carbons (Fsp3) is 0.769. The van der Waals surface area contributed by atoms with E-state index in [0.29, 0.717) is 6.61 Å². The van der Waals surface area contributed by atoms with Crippen LogP contribution in [0.25, 0.3) is 0 Å². The minimum Gasteiger partial charge on any atom is -0.465 e. The van der Waals surface area contributed by atoms with Gasteiger partial charge in [-0.1, -0.05) is 55.8 Å². The molecule has 2 atom stereocenters. The van der Waals surface area contributed by atoms with E-state index in [1.54, 1.807) is 6.92 Å². The van der Waals surface area contributed by atoms with E-state index in [4.69, 9.17) is 39.5 Å². The van der Waals surface area contributed by atoms with Crippen molar-refractivity contribution in [3.05, 3.63) is 10.6 Å². The first kappa shape index (κ1) is 18.1. The fourth-order valence-corrected chi connectivity index (χ4v) is 2.24. The van der Waals surface area contributed by atoms with E-state index < -0.39 is 5.92 Å². The van der Waals surface area contributed by atoms with Gasteiger partial charge in [0.15, 0.2) is 0 Å². The fourth-order valence-electron chi connectivity index (χ4n) is 1.64. The van der Waals surface area contributed by atoms with Crippen molar-refractivity contribution in [3.63, 3.8) is 0 Å². The summed E-state index contributed by atoms with van der Waals surface area (Å²) in [4.78, 5) is 11.7. The lowest BCUT2D eigenvalue weighted by Crippen LogP contribution is -2.25. The Morgan fingerprint density at radius 1 is 1.22 bits per heavy atom. The maximum atomic E-state index is 11.7. The summed E-state index contributed by atoms with van der Waals surface area (Å²) in [6, 6.07) is 0. The second kappa shape index (κ2) is 11.0. The van der Waals surface area contributed by atoms with Gasteiger partial charge in [0.25, 0.3) is 0 Å². The number of carbonyl (C=O) groups excluding carboxylic acids is 1. The average Bonchev–Trinajstić information content (AvgIpc) is 2.31. The number of halogens is 3. The summed E-state index contributed by atoms with van der Waals surface area (Å²) in [5, 5.41) is -0.326. The van der Waals surface area contributed by atoms with Gasteiger partial charge in [0.05, 0.1) is 17.9 Å². The highest BCUT2D eigenvalue weighted by Crippen LogP contribution is 2.24. The molecule has 0 rings (SSSR count). The molecule has 0 aliphatic heterocycles. The second-order valence-corrected chi connectivity index (χ2v) is 5.67. The Balaban J connectivity index is 4.36. The summed E-state index contributed by atoms with van der Waals surface area (Å²) in [7, 11) is 0. The minimum atomic E-state index is -0.571.